The maximum Gasteiger partial charge on any atom is 0.0316 e. The maximum atomic E-state index is 6.03. The Morgan fingerprint density at radius 3 is 3.08 bits per heavy atom. The molecule has 0 spiro atoms. The first-order valence-electron chi connectivity index (χ1n) is 4.27. The van der Waals surface area contributed by atoms with Gasteiger partial charge in [0.15, 0.2) is 0 Å². The van der Waals surface area contributed by atoms with Gasteiger partial charge >= 0.3 is 0 Å². The predicted molar refractivity (Wildman–Crippen MR) is 53.4 cm³/mol. The standard InChI is InChI=1S/C10H13NS/c1-7-3-2-4-9-10(7)8(11)5-6-12-9/h2-4,8H,5-6,11H2,1H3/t8-/m0/s1. The summed E-state index contributed by atoms with van der Waals surface area (Å²) in [4.78, 5) is 1.38. The molecule has 2 heteroatoms. The molecule has 0 aromatic heterocycles. The van der Waals surface area contributed by atoms with Gasteiger partial charge in [-0.15, -0.1) is 11.8 Å². The summed E-state index contributed by atoms with van der Waals surface area (Å²) in [6, 6.07) is 6.69. The van der Waals surface area contributed by atoms with Crippen LogP contribution >= 0.6 is 11.8 Å². The van der Waals surface area contributed by atoms with Crippen molar-refractivity contribution in [1.82, 2.24) is 0 Å². The Morgan fingerprint density at radius 2 is 2.33 bits per heavy atom. The van der Waals surface area contributed by atoms with Gasteiger partial charge in [0.1, 0.15) is 0 Å². The molecule has 1 aromatic rings. The summed E-state index contributed by atoms with van der Waals surface area (Å²) < 4.78 is 0. The van der Waals surface area contributed by atoms with Crippen molar-refractivity contribution in [2.75, 3.05) is 5.75 Å². The fraction of sp³-hybridized carbons (Fsp3) is 0.400. The van der Waals surface area contributed by atoms with Crippen molar-refractivity contribution in [1.29, 1.82) is 0 Å². The SMILES string of the molecule is Cc1cccc2c1[C@@H](N)CCS2. The van der Waals surface area contributed by atoms with Gasteiger partial charge in [-0.25, -0.2) is 0 Å². The lowest BCUT2D eigenvalue weighted by molar-refractivity contribution is 0.675. The van der Waals surface area contributed by atoms with E-state index in [1.54, 1.807) is 0 Å². The maximum absolute atomic E-state index is 6.03. The summed E-state index contributed by atoms with van der Waals surface area (Å²) in [6.07, 6.45) is 1.11. The number of hydrogen-bond acceptors (Lipinski definition) is 2. The van der Waals surface area contributed by atoms with E-state index in [-0.39, 0.29) is 6.04 Å². The summed E-state index contributed by atoms with van der Waals surface area (Å²) in [5.41, 5.74) is 8.74. The van der Waals surface area contributed by atoms with Gasteiger partial charge in [0.2, 0.25) is 0 Å². The largest absolute Gasteiger partial charge is 0.324 e. The summed E-state index contributed by atoms with van der Waals surface area (Å²) in [7, 11) is 0. The average molecular weight is 179 g/mol. The molecule has 0 bridgehead atoms. The first-order valence-corrected chi connectivity index (χ1v) is 5.25. The van der Waals surface area contributed by atoms with E-state index < -0.39 is 0 Å². The zero-order valence-corrected chi connectivity index (χ0v) is 8.03. The van der Waals surface area contributed by atoms with E-state index in [1.165, 1.54) is 16.0 Å². The second kappa shape index (κ2) is 3.11. The topological polar surface area (TPSA) is 26.0 Å². The zero-order valence-electron chi connectivity index (χ0n) is 7.21. The Balaban J connectivity index is 2.53. The Hall–Kier alpha value is -0.470. The van der Waals surface area contributed by atoms with E-state index in [9.17, 15) is 0 Å². The van der Waals surface area contributed by atoms with Crippen molar-refractivity contribution in [3.8, 4) is 0 Å². The van der Waals surface area contributed by atoms with E-state index in [2.05, 4.69) is 25.1 Å². The number of fused-ring (bicyclic) bond motifs is 1. The molecular weight excluding hydrogens is 166 g/mol. The highest BCUT2D eigenvalue weighted by Gasteiger charge is 2.18. The average Bonchev–Trinajstić information content (AvgIpc) is 2.04. The molecule has 1 aliphatic heterocycles. The van der Waals surface area contributed by atoms with Crippen LogP contribution in [0.25, 0.3) is 0 Å². The Labute approximate surface area is 77.3 Å². The molecule has 1 nitrogen and oxygen atoms in total. The van der Waals surface area contributed by atoms with Crippen molar-refractivity contribution in [2.45, 2.75) is 24.3 Å². The van der Waals surface area contributed by atoms with Gasteiger partial charge in [-0.1, -0.05) is 12.1 Å². The Kier molecular flexibility index (Phi) is 2.11. The van der Waals surface area contributed by atoms with Crippen LogP contribution in [0, 0.1) is 6.92 Å². The second-order valence-electron chi connectivity index (χ2n) is 3.23. The molecule has 12 heavy (non-hydrogen) atoms. The molecule has 64 valence electrons. The van der Waals surface area contributed by atoms with E-state index in [0.717, 1.165) is 12.2 Å². The number of thioether (sulfide) groups is 1. The van der Waals surface area contributed by atoms with Gasteiger partial charge in [-0.2, -0.15) is 0 Å². The zero-order chi connectivity index (χ0) is 8.55. The molecule has 2 rings (SSSR count). The molecule has 0 fully saturated rings. The minimum absolute atomic E-state index is 0.266. The minimum Gasteiger partial charge on any atom is -0.324 e. The highest BCUT2D eigenvalue weighted by Crippen LogP contribution is 2.36. The normalized spacial score (nSPS) is 22.0. The van der Waals surface area contributed by atoms with Gasteiger partial charge in [0.25, 0.3) is 0 Å². The lowest BCUT2D eigenvalue weighted by Crippen LogP contribution is -2.17. The second-order valence-corrected chi connectivity index (χ2v) is 4.37. The highest BCUT2D eigenvalue weighted by molar-refractivity contribution is 7.99. The van der Waals surface area contributed by atoms with Crippen LogP contribution in [0.4, 0.5) is 0 Å². The fourth-order valence-electron chi connectivity index (χ4n) is 1.69. The van der Waals surface area contributed by atoms with Crippen LogP contribution in [-0.4, -0.2) is 5.75 Å². The lowest BCUT2D eigenvalue weighted by atomic mass is 10.00. The molecule has 1 heterocycles. The van der Waals surface area contributed by atoms with E-state index in [0.29, 0.717) is 0 Å². The number of aryl methyl sites for hydroxylation is 1. The summed E-state index contributed by atoms with van der Waals surface area (Å²) in [6.45, 7) is 2.14. The van der Waals surface area contributed by atoms with Crippen LogP contribution in [0.15, 0.2) is 23.1 Å². The minimum atomic E-state index is 0.266. The van der Waals surface area contributed by atoms with Crippen LogP contribution in [-0.2, 0) is 0 Å². The molecule has 2 N–H and O–H groups in total. The quantitative estimate of drug-likeness (QED) is 0.662. The van der Waals surface area contributed by atoms with Crippen LogP contribution in [0.5, 0.6) is 0 Å². The van der Waals surface area contributed by atoms with Crippen molar-refractivity contribution in [2.24, 2.45) is 5.73 Å². The Bertz CT molecular complexity index is 296. The first-order chi connectivity index (χ1) is 5.79. The summed E-state index contributed by atoms with van der Waals surface area (Å²) in [5.74, 6) is 1.16. The smallest absolute Gasteiger partial charge is 0.0316 e. The van der Waals surface area contributed by atoms with Crippen molar-refractivity contribution >= 4 is 11.8 Å². The van der Waals surface area contributed by atoms with Gasteiger partial charge in [0.05, 0.1) is 0 Å². The molecule has 0 radical (unpaired) electrons. The third-order valence-corrected chi connectivity index (χ3v) is 3.45. The first kappa shape index (κ1) is 8.14. The monoisotopic (exact) mass is 179 g/mol. The van der Waals surface area contributed by atoms with Crippen LogP contribution in [0.3, 0.4) is 0 Å². The molecule has 0 saturated carbocycles. The molecule has 1 aromatic carbocycles. The molecule has 0 amide bonds. The molecule has 1 atom stereocenters. The number of nitrogens with two attached hydrogens (primary N) is 1. The molecule has 0 unspecified atom stereocenters. The van der Waals surface area contributed by atoms with E-state index in [1.807, 2.05) is 11.8 Å². The molecule has 0 aliphatic carbocycles. The number of benzene rings is 1. The molecular formula is C10H13NS. The predicted octanol–water partition coefficient (Wildman–Crippen LogP) is 2.49. The van der Waals surface area contributed by atoms with E-state index in [4.69, 9.17) is 5.73 Å². The van der Waals surface area contributed by atoms with Crippen LogP contribution in [0.1, 0.15) is 23.6 Å². The van der Waals surface area contributed by atoms with Crippen molar-refractivity contribution < 1.29 is 0 Å². The van der Waals surface area contributed by atoms with Crippen molar-refractivity contribution in [3.05, 3.63) is 29.3 Å². The number of rotatable bonds is 0. The third-order valence-electron chi connectivity index (χ3n) is 2.34. The van der Waals surface area contributed by atoms with Gasteiger partial charge in [-0.05, 0) is 36.3 Å². The number of hydrogen-bond donors (Lipinski definition) is 1. The molecule has 1 aliphatic rings. The van der Waals surface area contributed by atoms with E-state index >= 15 is 0 Å². The van der Waals surface area contributed by atoms with Gasteiger partial charge in [0, 0.05) is 10.9 Å². The third kappa shape index (κ3) is 1.25. The summed E-state index contributed by atoms with van der Waals surface area (Å²) in [5, 5.41) is 0. The van der Waals surface area contributed by atoms with Crippen LogP contribution in [0.2, 0.25) is 0 Å². The lowest BCUT2D eigenvalue weighted by Gasteiger charge is -2.23. The molecule has 0 saturated heterocycles. The van der Waals surface area contributed by atoms with Crippen molar-refractivity contribution in [3.63, 3.8) is 0 Å². The fourth-order valence-corrected chi connectivity index (χ4v) is 2.93. The highest BCUT2D eigenvalue weighted by atomic mass is 32.2. The Morgan fingerprint density at radius 1 is 1.50 bits per heavy atom. The van der Waals surface area contributed by atoms with Gasteiger partial charge < -0.3 is 5.73 Å². The summed E-state index contributed by atoms with van der Waals surface area (Å²) >= 11 is 1.93. The van der Waals surface area contributed by atoms with Gasteiger partial charge in [-0.3, -0.25) is 0 Å². The van der Waals surface area contributed by atoms with Crippen LogP contribution < -0.4 is 5.73 Å².